The molecule has 32 heavy (non-hydrogen) atoms. The third kappa shape index (κ3) is 3.35. The molecule has 3 aromatic rings. The number of oxazole rings is 1. The molecule has 2 aromatic heterocycles. The van der Waals surface area contributed by atoms with Crippen LogP contribution in [0, 0.1) is 5.41 Å². The summed E-state index contributed by atoms with van der Waals surface area (Å²) in [6.07, 6.45) is 7.00. The number of carbonyl (C=O) groups excluding carboxylic acids is 2. The maximum absolute atomic E-state index is 12.7. The molecule has 1 aromatic carbocycles. The van der Waals surface area contributed by atoms with Crippen molar-refractivity contribution in [3.63, 3.8) is 0 Å². The summed E-state index contributed by atoms with van der Waals surface area (Å²) in [6, 6.07) is 9.10. The highest BCUT2D eigenvalue weighted by Gasteiger charge is 2.54. The van der Waals surface area contributed by atoms with E-state index in [0.29, 0.717) is 35.3 Å². The standard InChI is InChI=1S/C24H23ClN4O3/c25-16-3-4-19-18(9-16)28-23(32-19)15-10-24(11-15)12-17(13-24)27-22(31)14-5-6-26-20(8-14)29-7-1-2-21(29)30/h3-6,8-9,15,17H,1-2,7,10-13H2,(H,27,31). The van der Waals surface area contributed by atoms with Crippen molar-refractivity contribution in [1.82, 2.24) is 15.3 Å². The molecule has 1 N–H and O–H groups in total. The van der Waals surface area contributed by atoms with Gasteiger partial charge in [-0.1, -0.05) is 11.6 Å². The molecule has 3 heterocycles. The molecule has 3 aliphatic rings. The van der Waals surface area contributed by atoms with Crippen molar-refractivity contribution in [1.29, 1.82) is 0 Å². The Labute approximate surface area is 190 Å². The van der Waals surface area contributed by atoms with Crippen LogP contribution in [-0.4, -0.2) is 34.4 Å². The molecule has 1 saturated heterocycles. The van der Waals surface area contributed by atoms with E-state index in [1.807, 2.05) is 18.2 Å². The lowest BCUT2D eigenvalue weighted by Crippen LogP contribution is -2.55. The number of nitrogens with one attached hydrogen (secondary N) is 1. The van der Waals surface area contributed by atoms with Crippen LogP contribution in [0.1, 0.15) is 60.7 Å². The summed E-state index contributed by atoms with van der Waals surface area (Å²) in [5.41, 5.74) is 2.41. The quantitative estimate of drug-likeness (QED) is 0.634. The predicted molar refractivity (Wildman–Crippen MR) is 120 cm³/mol. The lowest BCUT2D eigenvalue weighted by molar-refractivity contribution is -0.117. The lowest BCUT2D eigenvalue weighted by Gasteiger charge is -2.57. The lowest BCUT2D eigenvalue weighted by atomic mass is 9.50. The summed E-state index contributed by atoms with van der Waals surface area (Å²) >= 11 is 6.05. The number of fused-ring (bicyclic) bond motifs is 1. The highest BCUT2D eigenvalue weighted by atomic mass is 35.5. The minimum Gasteiger partial charge on any atom is -0.440 e. The average molecular weight is 451 g/mol. The summed E-state index contributed by atoms with van der Waals surface area (Å²) in [4.78, 5) is 35.3. The molecule has 3 fully saturated rings. The van der Waals surface area contributed by atoms with E-state index in [0.717, 1.165) is 49.1 Å². The number of amides is 2. The molecule has 0 atom stereocenters. The maximum Gasteiger partial charge on any atom is 0.251 e. The van der Waals surface area contributed by atoms with E-state index in [4.69, 9.17) is 16.0 Å². The Morgan fingerprint density at radius 3 is 2.81 bits per heavy atom. The van der Waals surface area contributed by atoms with Crippen molar-refractivity contribution >= 4 is 40.3 Å². The number of hydrogen-bond acceptors (Lipinski definition) is 5. The Balaban J connectivity index is 1.05. The number of rotatable bonds is 4. The third-order valence-corrected chi connectivity index (χ3v) is 7.36. The number of anilines is 1. The van der Waals surface area contributed by atoms with Crippen molar-refractivity contribution in [2.45, 2.75) is 50.5 Å². The van der Waals surface area contributed by atoms with Gasteiger partial charge in [0.25, 0.3) is 5.91 Å². The van der Waals surface area contributed by atoms with Gasteiger partial charge in [-0.15, -0.1) is 0 Å². The van der Waals surface area contributed by atoms with Gasteiger partial charge < -0.3 is 9.73 Å². The van der Waals surface area contributed by atoms with Crippen LogP contribution in [-0.2, 0) is 4.79 Å². The van der Waals surface area contributed by atoms with Gasteiger partial charge in [-0.05, 0) is 67.9 Å². The van der Waals surface area contributed by atoms with Crippen molar-refractivity contribution in [3.8, 4) is 0 Å². The zero-order valence-electron chi connectivity index (χ0n) is 17.5. The second kappa shape index (κ2) is 7.30. The fourth-order valence-electron chi connectivity index (χ4n) is 5.54. The number of aromatic nitrogens is 2. The van der Waals surface area contributed by atoms with Gasteiger partial charge in [-0.2, -0.15) is 0 Å². The van der Waals surface area contributed by atoms with Gasteiger partial charge in [-0.3, -0.25) is 14.5 Å². The summed E-state index contributed by atoms with van der Waals surface area (Å²) in [5, 5.41) is 3.80. The van der Waals surface area contributed by atoms with Gasteiger partial charge in [0.2, 0.25) is 5.91 Å². The van der Waals surface area contributed by atoms with Crippen LogP contribution in [0.2, 0.25) is 5.02 Å². The van der Waals surface area contributed by atoms with Crippen LogP contribution in [0.15, 0.2) is 40.9 Å². The van der Waals surface area contributed by atoms with Gasteiger partial charge in [0.1, 0.15) is 11.3 Å². The van der Waals surface area contributed by atoms with Crippen molar-refractivity contribution < 1.29 is 14.0 Å². The highest BCUT2D eigenvalue weighted by molar-refractivity contribution is 6.31. The molecule has 0 radical (unpaired) electrons. The summed E-state index contributed by atoms with van der Waals surface area (Å²) in [5.74, 6) is 1.65. The Hall–Kier alpha value is -2.93. The van der Waals surface area contributed by atoms with E-state index in [1.165, 1.54) is 0 Å². The van der Waals surface area contributed by atoms with E-state index < -0.39 is 0 Å². The van der Waals surface area contributed by atoms with Gasteiger partial charge in [0.15, 0.2) is 11.5 Å². The number of benzene rings is 1. The van der Waals surface area contributed by atoms with E-state index in [2.05, 4.69) is 15.3 Å². The second-order valence-corrected chi connectivity index (χ2v) is 9.84. The Morgan fingerprint density at radius 1 is 1.19 bits per heavy atom. The molecule has 2 amide bonds. The molecule has 7 nitrogen and oxygen atoms in total. The zero-order valence-corrected chi connectivity index (χ0v) is 18.3. The number of carbonyl (C=O) groups is 2. The smallest absolute Gasteiger partial charge is 0.251 e. The van der Waals surface area contributed by atoms with Crippen LogP contribution in [0.4, 0.5) is 5.82 Å². The fraction of sp³-hybridized carbons (Fsp3) is 0.417. The van der Waals surface area contributed by atoms with E-state index in [-0.39, 0.29) is 23.3 Å². The van der Waals surface area contributed by atoms with E-state index >= 15 is 0 Å². The first kappa shape index (κ1) is 19.7. The highest BCUT2D eigenvalue weighted by Crippen LogP contribution is 2.61. The van der Waals surface area contributed by atoms with Crippen molar-refractivity contribution in [2.75, 3.05) is 11.4 Å². The Kier molecular flexibility index (Phi) is 4.50. The minimum atomic E-state index is -0.105. The molecule has 164 valence electrons. The van der Waals surface area contributed by atoms with E-state index in [9.17, 15) is 9.59 Å². The largest absolute Gasteiger partial charge is 0.440 e. The fourth-order valence-corrected chi connectivity index (χ4v) is 5.71. The Bertz CT molecular complexity index is 1220. The third-order valence-electron chi connectivity index (χ3n) is 7.13. The predicted octanol–water partition coefficient (Wildman–Crippen LogP) is 4.46. The number of pyridine rings is 1. The first-order valence-electron chi connectivity index (χ1n) is 11.1. The molecular formula is C24H23ClN4O3. The SMILES string of the molecule is O=C(NC1CC2(C1)CC(c1nc3cc(Cl)ccc3o1)C2)c1ccnc(N2CCCC2=O)c1. The average Bonchev–Trinajstić information content (AvgIpc) is 3.34. The number of halogens is 1. The molecule has 0 unspecified atom stereocenters. The molecule has 6 rings (SSSR count). The minimum absolute atomic E-state index is 0.0672. The Morgan fingerprint density at radius 2 is 2.03 bits per heavy atom. The van der Waals surface area contributed by atoms with Crippen molar-refractivity contribution in [2.24, 2.45) is 5.41 Å². The topological polar surface area (TPSA) is 88.3 Å². The van der Waals surface area contributed by atoms with Crippen molar-refractivity contribution in [3.05, 3.63) is 53.0 Å². The van der Waals surface area contributed by atoms with Crippen LogP contribution >= 0.6 is 11.6 Å². The summed E-state index contributed by atoms with van der Waals surface area (Å²) in [7, 11) is 0. The van der Waals surface area contributed by atoms with Crippen LogP contribution in [0.5, 0.6) is 0 Å². The van der Waals surface area contributed by atoms with Gasteiger partial charge in [0, 0.05) is 41.7 Å². The second-order valence-electron chi connectivity index (χ2n) is 9.40. The molecule has 8 heteroatoms. The molecule has 2 saturated carbocycles. The molecule has 0 bridgehead atoms. The summed E-state index contributed by atoms with van der Waals surface area (Å²) in [6.45, 7) is 0.663. The van der Waals surface area contributed by atoms with E-state index in [1.54, 1.807) is 23.2 Å². The van der Waals surface area contributed by atoms with Crippen LogP contribution in [0.25, 0.3) is 11.1 Å². The van der Waals surface area contributed by atoms with Gasteiger partial charge in [-0.25, -0.2) is 9.97 Å². The van der Waals surface area contributed by atoms with Crippen LogP contribution in [0.3, 0.4) is 0 Å². The monoisotopic (exact) mass is 450 g/mol. The number of nitrogens with zero attached hydrogens (tertiary/aromatic N) is 3. The molecule has 1 spiro atoms. The van der Waals surface area contributed by atoms with Gasteiger partial charge in [0.05, 0.1) is 0 Å². The first-order valence-corrected chi connectivity index (χ1v) is 11.5. The first-order chi connectivity index (χ1) is 15.5. The molecule has 2 aliphatic carbocycles. The summed E-state index contributed by atoms with van der Waals surface area (Å²) < 4.78 is 5.93. The van der Waals surface area contributed by atoms with Gasteiger partial charge >= 0.3 is 0 Å². The molecular weight excluding hydrogens is 428 g/mol. The normalized spacial score (nSPS) is 26.9. The zero-order chi connectivity index (χ0) is 21.9. The van der Waals surface area contributed by atoms with Crippen LogP contribution < -0.4 is 10.2 Å². The molecule has 1 aliphatic heterocycles. The maximum atomic E-state index is 12.7. The number of hydrogen-bond donors (Lipinski definition) is 1.